The lowest BCUT2D eigenvalue weighted by Gasteiger charge is -2.11. The van der Waals surface area contributed by atoms with Gasteiger partial charge in [0.25, 0.3) is 0 Å². The van der Waals surface area contributed by atoms with Crippen LogP contribution in [-0.4, -0.2) is 24.9 Å². The number of rotatable bonds is 5. The highest BCUT2D eigenvalue weighted by atomic mass is 19.1. The van der Waals surface area contributed by atoms with Gasteiger partial charge in [0.05, 0.1) is 11.1 Å². The third kappa shape index (κ3) is 3.79. The van der Waals surface area contributed by atoms with E-state index >= 15 is 0 Å². The number of halogens is 1. The smallest absolute Gasteiger partial charge is 0.222 e. The van der Waals surface area contributed by atoms with Gasteiger partial charge in [-0.15, -0.1) is 0 Å². The Morgan fingerprint density at radius 1 is 1.00 bits per heavy atom. The van der Waals surface area contributed by atoms with E-state index in [1.54, 1.807) is 42.9 Å². The van der Waals surface area contributed by atoms with Gasteiger partial charge >= 0.3 is 0 Å². The standard InChI is InChI=1S/C23H18FN7O/c1-13-12-28-22-21(13)19(6-9-27-22)32-18-3-2-15(10-16(18)24)29-20-11-17(30-23(25)31-20)14-4-7-26-8-5-14/h2-12H,1H3,(H,27,28)(H3,25,29,30,31). The average Bonchev–Trinajstić information content (AvgIpc) is 3.18. The highest BCUT2D eigenvalue weighted by Gasteiger charge is 2.13. The number of hydrogen-bond acceptors (Lipinski definition) is 7. The summed E-state index contributed by atoms with van der Waals surface area (Å²) in [6.45, 7) is 1.93. The predicted octanol–water partition coefficient (Wildman–Crippen LogP) is 4.98. The van der Waals surface area contributed by atoms with E-state index in [4.69, 9.17) is 10.5 Å². The lowest BCUT2D eigenvalue weighted by Crippen LogP contribution is -2.02. The van der Waals surface area contributed by atoms with Gasteiger partial charge in [-0.2, -0.15) is 4.98 Å². The Labute approximate surface area is 182 Å². The van der Waals surface area contributed by atoms with E-state index in [1.165, 1.54) is 6.07 Å². The topological polar surface area (TPSA) is 115 Å². The minimum Gasteiger partial charge on any atom is -0.453 e. The monoisotopic (exact) mass is 427 g/mol. The van der Waals surface area contributed by atoms with E-state index < -0.39 is 5.82 Å². The van der Waals surface area contributed by atoms with Crippen LogP contribution >= 0.6 is 0 Å². The summed E-state index contributed by atoms with van der Waals surface area (Å²) < 4.78 is 20.7. The van der Waals surface area contributed by atoms with Crippen molar-refractivity contribution >= 4 is 28.5 Å². The maximum absolute atomic E-state index is 14.8. The number of nitrogen functional groups attached to an aromatic ring is 1. The second-order valence-electron chi connectivity index (χ2n) is 7.11. The lowest BCUT2D eigenvalue weighted by molar-refractivity contribution is 0.446. The van der Waals surface area contributed by atoms with Crippen LogP contribution in [0, 0.1) is 12.7 Å². The van der Waals surface area contributed by atoms with Gasteiger partial charge in [0.2, 0.25) is 5.95 Å². The van der Waals surface area contributed by atoms with Gasteiger partial charge in [-0.05, 0) is 42.8 Å². The predicted molar refractivity (Wildman–Crippen MR) is 120 cm³/mol. The molecule has 9 heteroatoms. The summed E-state index contributed by atoms with van der Waals surface area (Å²) in [6.07, 6.45) is 6.78. The largest absolute Gasteiger partial charge is 0.453 e. The minimum atomic E-state index is -0.524. The van der Waals surface area contributed by atoms with Crippen LogP contribution in [0.2, 0.25) is 0 Å². The number of aromatic nitrogens is 5. The van der Waals surface area contributed by atoms with Crippen LogP contribution in [0.25, 0.3) is 22.3 Å². The van der Waals surface area contributed by atoms with Crippen molar-refractivity contribution in [3.8, 4) is 22.8 Å². The summed E-state index contributed by atoms with van der Waals surface area (Å²) in [5.74, 6) is 0.647. The van der Waals surface area contributed by atoms with Gasteiger partial charge in [0.15, 0.2) is 11.6 Å². The van der Waals surface area contributed by atoms with Gasteiger partial charge in [-0.1, -0.05) is 0 Å². The number of hydrogen-bond donors (Lipinski definition) is 3. The van der Waals surface area contributed by atoms with Crippen LogP contribution in [-0.2, 0) is 0 Å². The third-order valence-corrected chi connectivity index (χ3v) is 4.88. The molecule has 0 fully saturated rings. The fraction of sp³-hybridized carbons (Fsp3) is 0.0435. The quantitative estimate of drug-likeness (QED) is 0.362. The van der Waals surface area contributed by atoms with E-state index in [1.807, 2.05) is 25.3 Å². The second-order valence-corrected chi connectivity index (χ2v) is 7.11. The van der Waals surface area contributed by atoms with E-state index in [9.17, 15) is 4.39 Å². The average molecular weight is 427 g/mol. The third-order valence-electron chi connectivity index (χ3n) is 4.88. The van der Waals surface area contributed by atoms with Gasteiger partial charge < -0.3 is 20.8 Å². The number of benzene rings is 1. The summed E-state index contributed by atoms with van der Waals surface area (Å²) in [4.78, 5) is 19.8. The molecule has 4 N–H and O–H groups in total. The van der Waals surface area contributed by atoms with E-state index in [-0.39, 0.29) is 11.7 Å². The molecule has 32 heavy (non-hydrogen) atoms. The summed E-state index contributed by atoms with van der Waals surface area (Å²) >= 11 is 0. The van der Waals surface area contributed by atoms with Gasteiger partial charge in [0.1, 0.15) is 17.2 Å². The first-order chi connectivity index (χ1) is 15.6. The molecule has 0 atom stereocenters. The summed E-state index contributed by atoms with van der Waals surface area (Å²) in [5, 5.41) is 3.88. The molecule has 0 saturated heterocycles. The SMILES string of the molecule is Cc1c[nH]c2nccc(Oc3ccc(Nc4cc(-c5ccncc5)nc(N)n4)cc3F)c12. The van der Waals surface area contributed by atoms with Crippen molar-refractivity contribution in [3.05, 3.63) is 78.6 Å². The van der Waals surface area contributed by atoms with Crippen molar-refractivity contribution in [2.24, 2.45) is 0 Å². The van der Waals surface area contributed by atoms with Crippen molar-refractivity contribution < 1.29 is 9.13 Å². The Hall–Kier alpha value is -4.53. The maximum atomic E-state index is 14.8. The van der Waals surface area contributed by atoms with Crippen molar-refractivity contribution in [2.45, 2.75) is 6.92 Å². The van der Waals surface area contributed by atoms with Crippen molar-refractivity contribution in [3.63, 3.8) is 0 Å². The summed E-state index contributed by atoms with van der Waals surface area (Å²) in [7, 11) is 0. The van der Waals surface area contributed by atoms with Gasteiger partial charge in [0, 0.05) is 48.2 Å². The van der Waals surface area contributed by atoms with Crippen molar-refractivity contribution in [1.29, 1.82) is 0 Å². The Morgan fingerprint density at radius 2 is 1.84 bits per heavy atom. The molecule has 158 valence electrons. The van der Waals surface area contributed by atoms with Crippen LogP contribution in [0.3, 0.4) is 0 Å². The molecule has 4 aromatic heterocycles. The molecule has 5 aromatic rings. The number of anilines is 3. The number of fused-ring (bicyclic) bond motifs is 1. The van der Waals surface area contributed by atoms with Crippen LogP contribution in [0.15, 0.2) is 67.3 Å². The van der Waals surface area contributed by atoms with E-state index in [2.05, 4.69) is 30.2 Å². The molecule has 8 nitrogen and oxygen atoms in total. The molecule has 0 amide bonds. The van der Waals surface area contributed by atoms with Crippen LogP contribution in [0.1, 0.15) is 5.56 Å². The minimum absolute atomic E-state index is 0.100. The molecule has 0 saturated carbocycles. The number of ether oxygens (including phenoxy) is 1. The zero-order chi connectivity index (χ0) is 22.1. The van der Waals surface area contributed by atoms with Gasteiger partial charge in [-0.25, -0.2) is 14.4 Å². The van der Waals surface area contributed by atoms with Crippen molar-refractivity contribution in [2.75, 3.05) is 11.1 Å². The first-order valence-corrected chi connectivity index (χ1v) is 9.79. The van der Waals surface area contributed by atoms with Crippen LogP contribution in [0.5, 0.6) is 11.5 Å². The molecule has 0 bridgehead atoms. The zero-order valence-corrected chi connectivity index (χ0v) is 17.0. The van der Waals surface area contributed by atoms with E-state index in [0.717, 1.165) is 16.5 Å². The molecule has 0 aliphatic heterocycles. The molecule has 4 heterocycles. The normalized spacial score (nSPS) is 10.9. The number of aromatic amines is 1. The number of nitrogens with two attached hydrogens (primary N) is 1. The molecule has 5 rings (SSSR count). The second kappa shape index (κ2) is 7.95. The molecular weight excluding hydrogens is 409 g/mol. The first-order valence-electron chi connectivity index (χ1n) is 9.79. The lowest BCUT2D eigenvalue weighted by atomic mass is 10.2. The molecule has 0 spiro atoms. The first kappa shape index (κ1) is 19.4. The molecular formula is C23H18FN7O. The van der Waals surface area contributed by atoms with Crippen molar-refractivity contribution in [1.82, 2.24) is 24.9 Å². The molecule has 1 aromatic carbocycles. The van der Waals surface area contributed by atoms with E-state index in [0.29, 0.717) is 28.6 Å². The fourth-order valence-corrected chi connectivity index (χ4v) is 3.40. The van der Waals surface area contributed by atoms with Gasteiger partial charge in [-0.3, -0.25) is 4.98 Å². The number of H-pyrrole nitrogens is 1. The molecule has 0 unspecified atom stereocenters. The highest BCUT2D eigenvalue weighted by Crippen LogP contribution is 2.33. The highest BCUT2D eigenvalue weighted by molar-refractivity contribution is 5.86. The number of nitrogens with zero attached hydrogens (tertiary/aromatic N) is 4. The summed E-state index contributed by atoms with van der Waals surface area (Å²) in [6, 6.07) is 11.7. The number of pyridine rings is 2. The van der Waals surface area contributed by atoms with Crippen LogP contribution < -0.4 is 15.8 Å². The maximum Gasteiger partial charge on any atom is 0.222 e. The molecule has 0 radical (unpaired) electrons. The Kier molecular flexibility index (Phi) is 4.83. The number of nitrogens with one attached hydrogen (secondary N) is 2. The Balaban J connectivity index is 1.40. The fourth-order valence-electron chi connectivity index (χ4n) is 3.40. The molecule has 0 aliphatic rings. The molecule has 0 aliphatic carbocycles. The summed E-state index contributed by atoms with van der Waals surface area (Å²) in [5.41, 5.74) is 9.48. The Bertz CT molecular complexity index is 1420. The zero-order valence-electron chi connectivity index (χ0n) is 17.0. The Morgan fingerprint density at radius 3 is 2.66 bits per heavy atom. The van der Waals surface area contributed by atoms with Crippen LogP contribution in [0.4, 0.5) is 21.8 Å². The number of aryl methyl sites for hydroxylation is 1.